The molecule has 0 N–H and O–H groups in total. The Bertz CT molecular complexity index is 2250. The second-order valence-electron chi connectivity index (χ2n) is 37.0. The summed E-state index contributed by atoms with van der Waals surface area (Å²) in [6.45, 7) is 35.0. The van der Waals surface area contributed by atoms with Crippen molar-refractivity contribution < 1.29 is 13.7 Å². The summed E-state index contributed by atoms with van der Waals surface area (Å²) in [7, 11) is 0. The zero-order chi connectivity index (χ0) is 71.4. The minimum atomic E-state index is -0.920. The molecule has 0 aliphatic heterocycles. The molecule has 7 unspecified atom stereocenters. The Morgan fingerprint density at radius 3 is 0.816 bits per heavy atom. The van der Waals surface area contributed by atoms with Crippen LogP contribution in [0.25, 0.3) is 0 Å². The van der Waals surface area contributed by atoms with Crippen molar-refractivity contribution in [3.63, 3.8) is 0 Å². The van der Waals surface area contributed by atoms with Crippen molar-refractivity contribution in [1.82, 2.24) is 0 Å². The van der Waals surface area contributed by atoms with Crippen LogP contribution in [0.4, 0.5) is 0 Å². The fraction of sp³-hybridized carbons (Fsp3) is 1.00. The molecule has 7 atom stereocenters. The van der Waals surface area contributed by atoms with Gasteiger partial charge < -0.3 is 0 Å². The monoisotopic (exact) mass is 1210 g/mol. The fourth-order valence-corrected chi connectivity index (χ4v) is 24.8. The average molecular weight is 1210 g/mol. The van der Waals surface area contributed by atoms with Gasteiger partial charge in [-0.25, -0.2) is 0 Å². The number of hydrogen-bond acceptors (Lipinski definition) is 0. The van der Waals surface area contributed by atoms with Crippen molar-refractivity contribution in [3.8, 4) is 0 Å². The summed E-state index contributed by atoms with van der Waals surface area (Å²) in [5.74, 6) is 20.0. The van der Waals surface area contributed by atoms with Gasteiger partial charge in [-0.05, 0) is 343 Å². The van der Waals surface area contributed by atoms with E-state index in [0.717, 1.165) is 137 Å². The molecule has 0 amide bonds. The third kappa shape index (κ3) is 18.7. The summed E-state index contributed by atoms with van der Waals surface area (Å²) in [5, 5.41) is 0. The Kier molecular flexibility index (Phi) is 22.5. The van der Waals surface area contributed by atoms with E-state index in [1.165, 1.54) is 218 Å². The zero-order valence-corrected chi connectivity index (χ0v) is 61.4. The molecule has 506 valence electrons. The van der Waals surface area contributed by atoms with Crippen molar-refractivity contribution in [1.29, 1.82) is 0 Å². The number of hydrogen-bond donors (Lipinski definition) is 0. The van der Waals surface area contributed by atoms with Crippen molar-refractivity contribution >= 4 is 0 Å². The molecule has 0 heterocycles. The molecule has 22 fully saturated rings. The van der Waals surface area contributed by atoms with Gasteiger partial charge in [-0.3, -0.25) is 0 Å². The van der Waals surface area contributed by atoms with E-state index in [0.29, 0.717) is 23.7 Å². The van der Waals surface area contributed by atoms with Gasteiger partial charge >= 0.3 is 0 Å². The van der Waals surface area contributed by atoms with E-state index in [1.807, 2.05) is 0 Å². The van der Waals surface area contributed by atoms with E-state index in [1.54, 1.807) is 6.92 Å². The Labute approximate surface area is 561 Å². The smallest absolute Gasteiger partial charge is 0.0300 e. The van der Waals surface area contributed by atoms with Gasteiger partial charge in [-0.15, -0.1) is 0 Å². The zero-order valence-electron chi connectivity index (χ0n) is 71.4. The number of fused-ring (bicyclic) bond motifs is 9. The van der Waals surface area contributed by atoms with Crippen LogP contribution in [0.1, 0.15) is 369 Å². The van der Waals surface area contributed by atoms with E-state index in [2.05, 4.69) is 111 Å². The van der Waals surface area contributed by atoms with Crippen molar-refractivity contribution in [2.24, 2.45) is 195 Å². The lowest BCUT2D eigenvalue weighted by molar-refractivity contribution is -0.107. The largest absolute Gasteiger partial charge is 0.0651 e. The van der Waals surface area contributed by atoms with Crippen LogP contribution < -0.4 is 0 Å². The first kappa shape index (κ1) is 58.4. The SMILES string of the molecule is [2H]C(C)(C)C1C2CC1C2.[2H]C(C)(C)C1C2CC3CC(C2)CC1C3.[2H]C(C)(C)C1C2CCC1C2.[2H]C(C)(C)C1C2CCC1CC2.[2H]C(C)(C)C1CC2CC1C2.[2H]C(C)(C)C1CC2CCC1C2.[2H]C(C)(C)C1CC2CCC1CC2.[2H]C(C)(C)C1CCCCCC1.[2H]C([2H])(C)C1CCCC1. The van der Waals surface area contributed by atoms with Gasteiger partial charge in [0.25, 0.3) is 0 Å². The highest BCUT2D eigenvalue weighted by Gasteiger charge is 2.53. The maximum atomic E-state index is 8.31. The second kappa shape index (κ2) is 33.6. The van der Waals surface area contributed by atoms with Crippen molar-refractivity contribution in [3.05, 3.63) is 0 Å². The predicted molar refractivity (Wildman–Crippen MR) is 382 cm³/mol. The summed E-state index contributed by atoms with van der Waals surface area (Å²) in [6.07, 6.45) is 48.9. The van der Waals surface area contributed by atoms with Crippen LogP contribution in [-0.2, 0) is 0 Å². The quantitative estimate of drug-likeness (QED) is 0.202. The Balaban J connectivity index is 0.000000128. The molecule has 0 saturated heterocycles. The van der Waals surface area contributed by atoms with Gasteiger partial charge in [0.1, 0.15) is 0 Å². The first-order chi connectivity index (χ1) is 44.7. The third-order valence-electron chi connectivity index (χ3n) is 29.4. The Hall–Kier alpha value is 0. The van der Waals surface area contributed by atoms with Gasteiger partial charge in [-0.2, -0.15) is 0 Å². The lowest BCUT2D eigenvalue weighted by Crippen LogP contribution is -2.52. The minimum absolute atomic E-state index is 0.133. The molecule has 0 heteroatoms. The highest BCUT2D eigenvalue weighted by atomic mass is 14.6. The van der Waals surface area contributed by atoms with Crippen LogP contribution >= 0.6 is 0 Å². The highest BCUT2D eigenvalue weighted by molar-refractivity contribution is 5.03. The summed E-state index contributed by atoms with van der Waals surface area (Å²) in [6, 6.07) is 0. The molecule has 0 nitrogen and oxygen atoms in total. The minimum Gasteiger partial charge on any atom is -0.0651 e. The van der Waals surface area contributed by atoms with Crippen LogP contribution in [0.3, 0.4) is 0 Å². The summed E-state index contributed by atoms with van der Waals surface area (Å²) in [5.41, 5.74) is 0. The highest BCUT2D eigenvalue weighted by Crippen LogP contribution is 2.62. The lowest BCUT2D eigenvalue weighted by Gasteiger charge is -2.60. The molecule has 22 aliphatic rings. The molecule has 87 heavy (non-hydrogen) atoms. The van der Waals surface area contributed by atoms with Crippen LogP contribution in [0.15, 0.2) is 0 Å². The van der Waals surface area contributed by atoms with E-state index < -0.39 is 6.37 Å². The van der Waals surface area contributed by atoms with Crippen LogP contribution in [0.2, 0.25) is 0 Å². The van der Waals surface area contributed by atoms with Crippen LogP contribution in [0, 0.1) is 195 Å². The maximum absolute atomic E-state index is 8.31. The normalized spacial score (nSPS) is 45.7. The van der Waals surface area contributed by atoms with Crippen LogP contribution in [0.5, 0.6) is 0 Å². The first-order valence-corrected chi connectivity index (χ1v) is 39.7. The molecule has 0 spiro atoms. The molecule has 0 aromatic heterocycles. The molecule has 0 aromatic carbocycles. The fourth-order valence-electron chi connectivity index (χ4n) is 24.8. The average Bonchev–Trinajstić information content (AvgIpc) is 1.73. The summed E-state index contributed by atoms with van der Waals surface area (Å²) >= 11 is 0. The summed E-state index contributed by atoms with van der Waals surface area (Å²) < 4.78 is 78.6. The Morgan fingerprint density at radius 1 is 0.241 bits per heavy atom. The van der Waals surface area contributed by atoms with Gasteiger partial charge in [-0.1, -0.05) is 208 Å². The maximum Gasteiger partial charge on any atom is 0.0300 e. The summed E-state index contributed by atoms with van der Waals surface area (Å²) in [4.78, 5) is 0. The van der Waals surface area contributed by atoms with Crippen LogP contribution in [-0.4, -0.2) is 0 Å². The lowest BCUT2D eigenvalue weighted by atomic mass is 9.45. The number of rotatable bonds is 9. The third-order valence-corrected chi connectivity index (χ3v) is 29.4. The molecule has 0 aromatic rings. The molecular weight excluding hydrogens is 1040 g/mol. The topological polar surface area (TPSA) is 0 Å². The van der Waals surface area contributed by atoms with E-state index in [9.17, 15) is 0 Å². The van der Waals surface area contributed by atoms with E-state index >= 15 is 0 Å². The molecule has 22 saturated carbocycles. The first-order valence-electron chi connectivity index (χ1n) is 44.7. The van der Waals surface area contributed by atoms with Crippen molar-refractivity contribution in [2.75, 3.05) is 0 Å². The Morgan fingerprint density at radius 2 is 0.552 bits per heavy atom. The van der Waals surface area contributed by atoms with Gasteiger partial charge in [0.15, 0.2) is 0 Å². The molecule has 22 rings (SSSR count). The van der Waals surface area contributed by atoms with E-state index in [-0.39, 0.29) is 47.2 Å². The standard InChI is InChI=1S/C13H22.C11H20.2C10H18.C10H20.2C9H16.C8H14.C7H14/c1-8(2)13-11-4-9-3-10(6-11)7-12(13)5-9;1-8(2)11-7-9-3-5-10(11)6-4-9;1-7(2)10-6-8-3-4-9(10)5-8;1-7(2)10-8-3-4-9(10)6-5-8;1-9(2)10-7-5-3-4-6-8-10;1-6(2)9-5-7-3-8(9)4-7;1-6(2)9-7-3-4-8(9)5-7;1-5(2)8-6-3-7(8)4-6;1-2-7-5-3-4-6-7/h8-13H,3-7H2,1-2H3;8-11H,3-7H2,1-2H3;2*7-10H,3-6H2,1-2H3;9-10H,3-8H2,1-2H3;2*6-9H,3-5H2,1-2H3;5-8H,3-4H2,1-2H3;7H,2-6H2,1H3/i2*8D;2*7D;9D;2*6D;5D;2D2. The van der Waals surface area contributed by atoms with Gasteiger partial charge in [0, 0.05) is 13.7 Å². The molecule has 16 bridgehead atoms. The van der Waals surface area contributed by atoms with Gasteiger partial charge in [0.2, 0.25) is 0 Å². The predicted octanol–water partition coefficient (Wildman–Crippen LogP) is 27.2. The molecular formula is C87H158. The molecule has 22 aliphatic carbocycles. The van der Waals surface area contributed by atoms with Gasteiger partial charge in [0.05, 0.1) is 0 Å². The molecule has 0 radical (unpaired) electrons. The second-order valence-corrected chi connectivity index (χ2v) is 37.0. The van der Waals surface area contributed by atoms with Crippen molar-refractivity contribution in [2.45, 2.75) is 355 Å². The van der Waals surface area contributed by atoms with E-state index in [4.69, 9.17) is 13.7 Å².